The fourth-order valence-corrected chi connectivity index (χ4v) is 5.15. The number of hydrogen-bond acceptors (Lipinski definition) is 1. The largest absolute Gasteiger partial charge is 0.413 e. The van der Waals surface area contributed by atoms with Gasteiger partial charge in [-0.1, -0.05) is 75.6 Å². The smallest absolute Gasteiger partial charge is 0.192 e. The third-order valence-electron chi connectivity index (χ3n) is 5.71. The van der Waals surface area contributed by atoms with E-state index < -0.39 is 8.32 Å². The van der Waals surface area contributed by atoms with Gasteiger partial charge in [-0.05, 0) is 53.3 Å². The molecule has 1 aliphatic carbocycles. The first-order valence-electron chi connectivity index (χ1n) is 8.61. The van der Waals surface area contributed by atoms with E-state index in [2.05, 4.69) is 73.5 Å². The first-order chi connectivity index (χ1) is 9.68. The summed E-state index contributed by atoms with van der Waals surface area (Å²) >= 11 is 2.34. The average molecular weight is 422 g/mol. The van der Waals surface area contributed by atoms with Crippen molar-refractivity contribution >= 4 is 30.9 Å². The molecule has 124 valence electrons. The van der Waals surface area contributed by atoms with Crippen LogP contribution in [0.2, 0.25) is 18.1 Å². The van der Waals surface area contributed by atoms with Crippen LogP contribution in [0.5, 0.6) is 0 Å². The van der Waals surface area contributed by atoms with Crippen LogP contribution >= 0.6 is 22.6 Å². The molecule has 0 saturated heterocycles. The van der Waals surface area contributed by atoms with E-state index in [-0.39, 0.29) is 0 Å². The van der Waals surface area contributed by atoms with Crippen LogP contribution in [0.1, 0.15) is 72.6 Å². The molecule has 1 fully saturated rings. The van der Waals surface area contributed by atoms with Crippen molar-refractivity contribution in [3.05, 3.63) is 10.2 Å². The standard InChI is InChI=1S/C18H35IOSi/c1-7-12-18(13-8-9-14-18)16(11-10-15-19)20-21(5,6)17(2,3)4/h10,15-16H,7-9,11-14H2,1-6H3/b15-10+. The van der Waals surface area contributed by atoms with Crippen LogP contribution in [0.3, 0.4) is 0 Å². The van der Waals surface area contributed by atoms with E-state index >= 15 is 0 Å². The Morgan fingerprint density at radius 3 is 2.24 bits per heavy atom. The predicted octanol–water partition coefficient (Wildman–Crippen LogP) is 7.08. The Kier molecular flexibility index (Phi) is 7.46. The van der Waals surface area contributed by atoms with Crippen LogP contribution in [0.25, 0.3) is 0 Å². The zero-order chi connectivity index (χ0) is 16.1. The highest BCUT2D eigenvalue weighted by molar-refractivity contribution is 14.1. The molecule has 0 aliphatic heterocycles. The summed E-state index contributed by atoms with van der Waals surface area (Å²) in [6, 6.07) is 0. The lowest BCUT2D eigenvalue weighted by Gasteiger charge is -2.45. The summed E-state index contributed by atoms with van der Waals surface area (Å²) in [4.78, 5) is 0. The van der Waals surface area contributed by atoms with Gasteiger partial charge >= 0.3 is 0 Å². The Balaban J connectivity index is 2.99. The SMILES string of the molecule is CCCC1(C(C/C=C/I)O[Si](C)(C)C(C)(C)C)CCCC1. The molecule has 1 unspecified atom stereocenters. The maximum atomic E-state index is 6.93. The molecule has 3 heteroatoms. The molecule has 0 heterocycles. The summed E-state index contributed by atoms with van der Waals surface area (Å²) < 4.78 is 9.09. The van der Waals surface area contributed by atoms with Crippen molar-refractivity contribution < 1.29 is 4.43 Å². The van der Waals surface area contributed by atoms with Gasteiger partial charge in [0.2, 0.25) is 0 Å². The van der Waals surface area contributed by atoms with Crippen LogP contribution in [-0.2, 0) is 4.43 Å². The summed E-state index contributed by atoms with van der Waals surface area (Å²) in [5.41, 5.74) is 0.445. The molecule has 1 atom stereocenters. The molecule has 0 aromatic carbocycles. The van der Waals surface area contributed by atoms with E-state index in [9.17, 15) is 0 Å². The topological polar surface area (TPSA) is 9.23 Å². The minimum atomic E-state index is -1.70. The Bertz CT molecular complexity index is 338. The molecular weight excluding hydrogens is 387 g/mol. The van der Waals surface area contributed by atoms with Crippen LogP contribution in [-0.4, -0.2) is 14.4 Å². The lowest BCUT2D eigenvalue weighted by Crippen LogP contribution is -2.48. The van der Waals surface area contributed by atoms with Gasteiger partial charge in [0.25, 0.3) is 0 Å². The maximum Gasteiger partial charge on any atom is 0.192 e. The summed E-state index contributed by atoms with van der Waals surface area (Å²) in [6.45, 7) is 14.2. The highest BCUT2D eigenvalue weighted by Gasteiger charge is 2.46. The second kappa shape index (κ2) is 7.96. The molecule has 0 bridgehead atoms. The summed E-state index contributed by atoms with van der Waals surface area (Å²) in [6.07, 6.45) is 12.0. The van der Waals surface area contributed by atoms with Crippen molar-refractivity contribution in [2.45, 2.75) is 96.9 Å². The van der Waals surface area contributed by atoms with Gasteiger partial charge in [-0.25, -0.2) is 0 Å². The minimum absolute atomic E-state index is 0.297. The second-order valence-corrected chi connectivity index (χ2v) is 13.8. The van der Waals surface area contributed by atoms with Crippen LogP contribution in [0, 0.1) is 5.41 Å². The number of halogens is 1. The Hall–Kier alpha value is 0.647. The molecule has 0 aromatic heterocycles. The van der Waals surface area contributed by atoms with Crippen molar-refractivity contribution in [3.8, 4) is 0 Å². The number of hydrogen-bond donors (Lipinski definition) is 0. The van der Waals surface area contributed by atoms with E-state index in [1.165, 1.54) is 38.5 Å². The van der Waals surface area contributed by atoms with Crippen LogP contribution in [0.15, 0.2) is 10.2 Å². The Morgan fingerprint density at radius 1 is 1.24 bits per heavy atom. The third-order valence-corrected chi connectivity index (χ3v) is 10.7. The molecule has 0 spiro atoms. The normalized spacial score (nSPS) is 21.1. The highest BCUT2D eigenvalue weighted by atomic mass is 127. The van der Waals surface area contributed by atoms with E-state index in [0.717, 1.165) is 6.42 Å². The zero-order valence-electron chi connectivity index (χ0n) is 15.0. The van der Waals surface area contributed by atoms with Crippen molar-refractivity contribution in [3.63, 3.8) is 0 Å². The molecule has 1 rings (SSSR count). The van der Waals surface area contributed by atoms with Gasteiger partial charge in [-0.2, -0.15) is 0 Å². The Labute approximate surface area is 147 Å². The highest BCUT2D eigenvalue weighted by Crippen LogP contribution is 2.49. The van der Waals surface area contributed by atoms with Crippen molar-refractivity contribution in [1.29, 1.82) is 0 Å². The molecule has 1 aliphatic rings. The van der Waals surface area contributed by atoms with Crippen LogP contribution < -0.4 is 0 Å². The maximum absolute atomic E-state index is 6.93. The monoisotopic (exact) mass is 422 g/mol. The van der Waals surface area contributed by atoms with Crippen molar-refractivity contribution in [1.82, 2.24) is 0 Å². The molecule has 0 N–H and O–H groups in total. The van der Waals surface area contributed by atoms with E-state index in [4.69, 9.17) is 4.43 Å². The fourth-order valence-electron chi connectivity index (χ4n) is 3.44. The number of rotatable bonds is 7. The molecule has 1 nitrogen and oxygen atoms in total. The molecule has 1 saturated carbocycles. The molecule has 0 amide bonds. The lowest BCUT2D eigenvalue weighted by molar-refractivity contribution is 0.0330. The van der Waals surface area contributed by atoms with Gasteiger partial charge in [-0.3, -0.25) is 0 Å². The van der Waals surface area contributed by atoms with Crippen molar-refractivity contribution in [2.24, 2.45) is 5.41 Å². The third kappa shape index (κ3) is 5.07. The van der Waals surface area contributed by atoms with E-state index in [1.807, 2.05) is 0 Å². The minimum Gasteiger partial charge on any atom is -0.413 e. The quantitative estimate of drug-likeness (QED) is 0.315. The van der Waals surface area contributed by atoms with Gasteiger partial charge in [-0.15, -0.1) is 0 Å². The average Bonchev–Trinajstić information content (AvgIpc) is 2.83. The van der Waals surface area contributed by atoms with Gasteiger partial charge in [0.05, 0.1) is 6.10 Å². The first kappa shape index (κ1) is 19.7. The fraction of sp³-hybridized carbons (Fsp3) is 0.889. The van der Waals surface area contributed by atoms with Gasteiger partial charge in [0.15, 0.2) is 8.32 Å². The van der Waals surface area contributed by atoms with Gasteiger partial charge < -0.3 is 4.43 Å². The van der Waals surface area contributed by atoms with E-state index in [1.54, 1.807) is 0 Å². The second-order valence-electron chi connectivity index (χ2n) is 8.28. The lowest BCUT2D eigenvalue weighted by atomic mass is 9.75. The molecule has 0 aromatic rings. The molecule has 21 heavy (non-hydrogen) atoms. The first-order valence-corrected chi connectivity index (χ1v) is 12.8. The zero-order valence-corrected chi connectivity index (χ0v) is 18.1. The molecule has 0 radical (unpaired) electrons. The summed E-state index contributed by atoms with van der Waals surface area (Å²) in [5, 5.41) is 0.297. The van der Waals surface area contributed by atoms with Gasteiger partial charge in [0, 0.05) is 0 Å². The predicted molar refractivity (Wildman–Crippen MR) is 106 cm³/mol. The summed E-state index contributed by atoms with van der Waals surface area (Å²) in [7, 11) is -1.70. The van der Waals surface area contributed by atoms with Crippen LogP contribution in [0.4, 0.5) is 0 Å². The molecular formula is C18H35IOSi. The van der Waals surface area contributed by atoms with E-state index in [0.29, 0.717) is 16.6 Å². The van der Waals surface area contributed by atoms with Crippen molar-refractivity contribution in [2.75, 3.05) is 0 Å². The Morgan fingerprint density at radius 2 is 1.81 bits per heavy atom. The summed E-state index contributed by atoms with van der Waals surface area (Å²) in [5.74, 6) is 0. The van der Waals surface area contributed by atoms with Gasteiger partial charge in [0.1, 0.15) is 0 Å².